The third-order valence-electron chi connectivity index (χ3n) is 5.80. The van der Waals surface area contributed by atoms with Crippen LogP contribution in [0.15, 0.2) is 53.4 Å². The number of ether oxygens (including phenoxy) is 1. The van der Waals surface area contributed by atoms with E-state index in [0.717, 1.165) is 44.0 Å². The Morgan fingerprint density at radius 3 is 2.47 bits per heavy atom. The maximum absolute atomic E-state index is 13.2. The van der Waals surface area contributed by atoms with Crippen molar-refractivity contribution >= 4 is 15.7 Å². The van der Waals surface area contributed by atoms with Gasteiger partial charge in [-0.05, 0) is 57.3 Å². The van der Waals surface area contributed by atoms with Crippen LogP contribution in [0.2, 0.25) is 0 Å². The number of halogens is 1. The molecule has 1 fully saturated rings. The number of likely N-dealkylation sites (N-methyl/N-ethyl adjacent to an activating group) is 1. The van der Waals surface area contributed by atoms with Gasteiger partial charge in [0.15, 0.2) is 5.82 Å². The first-order valence-corrected chi connectivity index (χ1v) is 12.7. The molecule has 0 amide bonds. The smallest absolute Gasteiger partial charge is 0.322 e. The van der Waals surface area contributed by atoms with Crippen LogP contribution in [0.3, 0.4) is 0 Å². The molecule has 1 saturated heterocycles. The third kappa shape index (κ3) is 5.37. The quantitative estimate of drug-likeness (QED) is 0.521. The van der Waals surface area contributed by atoms with Gasteiger partial charge in [-0.3, -0.25) is 4.57 Å². The zero-order chi connectivity index (χ0) is 24.3. The lowest BCUT2D eigenvalue weighted by Crippen LogP contribution is -2.44. The molecule has 0 spiro atoms. The highest BCUT2D eigenvalue weighted by Gasteiger charge is 2.24. The summed E-state index contributed by atoms with van der Waals surface area (Å²) in [5.74, 6) is 0.541. The standard InChI is InChI=1S/C23H29FN6O3S/c1-4-30-22(17(2)27-34(31,32)21-10-8-18(24)9-11-21)25-26-23(30)33-20-7-5-6-19(16-20)29-14-12-28(3)13-15-29/h5-11,16-17,27H,4,12-15H2,1-3H3/t17-/m1/s1. The minimum atomic E-state index is -3.87. The summed E-state index contributed by atoms with van der Waals surface area (Å²) < 4.78 is 48.9. The van der Waals surface area contributed by atoms with Crippen molar-refractivity contribution in [2.45, 2.75) is 31.3 Å². The van der Waals surface area contributed by atoms with Gasteiger partial charge in [-0.2, -0.15) is 0 Å². The van der Waals surface area contributed by atoms with Crippen molar-refractivity contribution in [1.29, 1.82) is 0 Å². The summed E-state index contributed by atoms with van der Waals surface area (Å²) in [5.41, 5.74) is 1.08. The highest BCUT2D eigenvalue weighted by atomic mass is 32.2. The van der Waals surface area contributed by atoms with E-state index in [2.05, 4.69) is 37.8 Å². The van der Waals surface area contributed by atoms with Crippen LogP contribution in [0.5, 0.6) is 11.8 Å². The SMILES string of the molecule is CCn1c(Oc2cccc(N3CCN(C)CC3)c2)nnc1[C@@H](C)NS(=O)(=O)c1ccc(F)cc1. The fourth-order valence-electron chi connectivity index (χ4n) is 3.87. The number of aromatic nitrogens is 3. The predicted molar refractivity (Wildman–Crippen MR) is 127 cm³/mol. The minimum Gasteiger partial charge on any atom is -0.424 e. The van der Waals surface area contributed by atoms with Crippen molar-refractivity contribution in [3.8, 4) is 11.8 Å². The first kappa shape index (κ1) is 24.1. The molecule has 0 unspecified atom stereocenters. The van der Waals surface area contributed by atoms with Gasteiger partial charge in [-0.1, -0.05) is 11.2 Å². The molecule has 1 aliphatic rings. The second-order valence-electron chi connectivity index (χ2n) is 8.27. The number of nitrogens with one attached hydrogen (secondary N) is 1. The number of benzene rings is 2. The Labute approximate surface area is 199 Å². The molecule has 2 aromatic carbocycles. The number of nitrogens with zero attached hydrogens (tertiary/aromatic N) is 5. The van der Waals surface area contributed by atoms with Crippen LogP contribution >= 0.6 is 0 Å². The van der Waals surface area contributed by atoms with Crippen LogP contribution in [-0.4, -0.2) is 61.3 Å². The zero-order valence-corrected chi connectivity index (χ0v) is 20.3. The molecule has 0 aliphatic carbocycles. The minimum absolute atomic E-state index is 0.0273. The average Bonchev–Trinajstić information content (AvgIpc) is 3.22. The maximum atomic E-state index is 13.2. The molecule has 1 N–H and O–H groups in total. The number of hydrogen-bond donors (Lipinski definition) is 1. The molecular weight excluding hydrogens is 459 g/mol. The molecule has 11 heteroatoms. The topological polar surface area (TPSA) is 92.6 Å². The molecule has 2 heterocycles. The molecule has 4 rings (SSSR count). The summed E-state index contributed by atoms with van der Waals surface area (Å²) in [5, 5.41) is 8.34. The van der Waals surface area contributed by atoms with Crippen molar-refractivity contribution in [3.63, 3.8) is 0 Å². The molecule has 1 aliphatic heterocycles. The van der Waals surface area contributed by atoms with Crippen molar-refractivity contribution in [3.05, 3.63) is 60.2 Å². The lowest BCUT2D eigenvalue weighted by Gasteiger charge is -2.34. The molecule has 1 atom stereocenters. The van der Waals surface area contributed by atoms with E-state index in [0.29, 0.717) is 18.1 Å². The Morgan fingerprint density at radius 1 is 1.09 bits per heavy atom. The molecule has 34 heavy (non-hydrogen) atoms. The molecule has 9 nitrogen and oxygen atoms in total. The molecule has 0 bridgehead atoms. The summed E-state index contributed by atoms with van der Waals surface area (Å²) >= 11 is 0. The van der Waals surface area contributed by atoms with Crippen LogP contribution in [0, 0.1) is 5.82 Å². The molecule has 3 aromatic rings. The summed E-state index contributed by atoms with van der Waals surface area (Å²) in [6, 6.07) is 12.1. The van der Waals surface area contributed by atoms with E-state index in [4.69, 9.17) is 4.74 Å². The number of anilines is 1. The summed E-state index contributed by atoms with van der Waals surface area (Å²) in [6.45, 7) is 7.96. The van der Waals surface area contributed by atoms with E-state index in [9.17, 15) is 12.8 Å². The van der Waals surface area contributed by atoms with Gasteiger partial charge in [0.1, 0.15) is 11.6 Å². The Balaban J connectivity index is 1.50. The maximum Gasteiger partial charge on any atom is 0.322 e. The second kappa shape index (κ2) is 10.1. The van der Waals surface area contributed by atoms with Crippen LogP contribution < -0.4 is 14.4 Å². The van der Waals surface area contributed by atoms with Gasteiger partial charge in [-0.15, -0.1) is 5.10 Å². The summed E-state index contributed by atoms with van der Waals surface area (Å²) in [6.07, 6.45) is 0. The first-order valence-electron chi connectivity index (χ1n) is 11.2. The van der Waals surface area contributed by atoms with Crippen molar-refractivity contribution in [2.75, 3.05) is 38.1 Å². The van der Waals surface area contributed by atoms with Gasteiger partial charge in [0.2, 0.25) is 10.0 Å². The lowest BCUT2D eigenvalue weighted by molar-refractivity contribution is 0.312. The number of hydrogen-bond acceptors (Lipinski definition) is 7. The van der Waals surface area contributed by atoms with Crippen LogP contribution in [-0.2, 0) is 16.6 Å². The van der Waals surface area contributed by atoms with Crippen LogP contribution in [0.25, 0.3) is 0 Å². The highest BCUT2D eigenvalue weighted by Crippen LogP contribution is 2.27. The van der Waals surface area contributed by atoms with E-state index in [-0.39, 0.29) is 10.9 Å². The largest absolute Gasteiger partial charge is 0.424 e. The fraction of sp³-hybridized carbons (Fsp3) is 0.391. The van der Waals surface area contributed by atoms with E-state index < -0.39 is 21.9 Å². The highest BCUT2D eigenvalue weighted by molar-refractivity contribution is 7.89. The summed E-state index contributed by atoms with van der Waals surface area (Å²) in [7, 11) is -1.75. The lowest BCUT2D eigenvalue weighted by atomic mass is 10.2. The van der Waals surface area contributed by atoms with Gasteiger partial charge in [0.05, 0.1) is 10.9 Å². The molecule has 0 saturated carbocycles. The Morgan fingerprint density at radius 2 is 1.79 bits per heavy atom. The van der Waals surface area contributed by atoms with E-state index in [1.165, 1.54) is 12.1 Å². The Bertz CT molecular complexity index is 1220. The zero-order valence-electron chi connectivity index (χ0n) is 19.5. The molecule has 182 valence electrons. The number of piperazine rings is 1. The Hall–Kier alpha value is -3.02. The second-order valence-corrected chi connectivity index (χ2v) is 9.99. The van der Waals surface area contributed by atoms with Gasteiger partial charge in [-0.25, -0.2) is 17.5 Å². The molecular formula is C23H29FN6O3S. The Kier molecular flexibility index (Phi) is 7.15. The predicted octanol–water partition coefficient (Wildman–Crippen LogP) is 3.02. The molecule has 0 radical (unpaired) electrons. The fourth-order valence-corrected chi connectivity index (χ4v) is 5.08. The van der Waals surface area contributed by atoms with Crippen LogP contribution in [0.4, 0.5) is 10.1 Å². The monoisotopic (exact) mass is 488 g/mol. The van der Waals surface area contributed by atoms with Crippen LogP contribution in [0.1, 0.15) is 25.7 Å². The summed E-state index contributed by atoms with van der Waals surface area (Å²) in [4.78, 5) is 4.59. The van der Waals surface area contributed by atoms with Crippen molar-refractivity contribution in [2.24, 2.45) is 0 Å². The van der Waals surface area contributed by atoms with Gasteiger partial charge < -0.3 is 14.5 Å². The normalized spacial score (nSPS) is 15.9. The number of sulfonamides is 1. The van der Waals surface area contributed by atoms with Gasteiger partial charge in [0.25, 0.3) is 0 Å². The van der Waals surface area contributed by atoms with E-state index in [1.807, 2.05) is 25.1 Å². The van der Waals surface area contributed by atoms with E-state index in [1.54, 1.807) is 11.5 Å². The van der Waals surface area contributed by atoms with Crippen molar-refractivity contribution < 1.29 is 17.5 Å². The van der Waals surface area contributed by atoms with E-state index >= 15 is 0 Å². The first-order chi connectivity index (χ1) is 16.3. The number of rotatable bonds is 8. The van der Waals surface area contributed by atoms with Crippen molar-refractivity contribution in [1.82, 2.24) is 24.4 Å². The van der Waals surface area contributed by atoms with Gasteiger partial charge >= 0.3 is 6.01 Å². The third-order valence-corrected chi connectivity index (χ3v) is 7.36. The molecule has 1 aromatic heterocycles. The average molecular weight is 489 g/mol. The van der Waals surface area contributed by atoms with Gasteiger partial charge in [0, 0.05) is 44.5 Å².